The Hall–Kier alpha value is -1.11. The van der Waals surface area contributed by atoms with Gasteiger partial charge in [0.25, 0.3) is 0 Å². The molecule has 2 atom stereocenters. The maximum Gasteiger partial charge on any atom is 0.156 e. The second-order valence-corrected chi connectivity index (χ2v) is 7.60. The van der Waals surface area contributed by atoms with Gasteiger partial charge in [0.1, 0.15) is 18.0 Å². The topological polar surface area (TPSA) is 75.6 Å². The fraction of sp³-hybridized carbons (Fsp3) is 0.571. The molecule has 1 saturated heterocycles. The molecule has 0 radical (unpaired) electrons. The van der Waals surface area contributed by atoms with Gasteiger partial charge in [-0.1, -0.05) is 32.0 Å². The molecule has 1 aliphatic heterocycles. The van der Waals surface area contributed by atoms with Crippen LogP contribution in [0.15, 0.2) is 24.3 Å². The molecular weight excluding hydrogens is 278 g/mol. The molecule has 20 heavy (non-hydrogen) atoms. The highest BCUT2D eigenvalue weighted by Crippen LogP contribution is 2.24. The van der Waals surface area contributed by atoms with Gasteiger partial charge in [-0.3, -0.25) is 0 Å². The molecule has 1 aromatic carbocycles. The number of hydrogen-bond donors (Lipinski definition) is 2. The summed E-state index contributed by atoms with van der Waals surface area (Å²) in [6, 6.07) is 7.83. The van der Waals surface area contributed by atoms with E-state index in [1.165, 1.54) is 0 Å². The molecule has 1 aromatic rings. The van der Waals surface area contributed by atoms with Crippen LogP contribution in [0.3, 0.4) is 0 Å². The van der Waals surface area contributed by atoms with Crippen molar-refractivity contribution in [1.82, 2.24) is 5.32 Å². The number of benzene rings is 1. The standard InChI is InChI=1S/C14H21NO4S/c1-10(2)15-7-11-5-3-4-6-13(11)19-14-9-20(17,18)8-12(14)16/h3-6,10,12,14-16H,7-9H2,1-2H3. The SMILES string of the molecule is CC(C)NCc1ccccc1OC1CS(=O)(=O)CC1O. The third-order valence-corrected chi connectivity index (χ3v) is 4.91. The molecule has 112 valence electrons. The third-order valence-electron chi connectivity index (χ3n) is 3.22. The number of aliphatic hydroxyl groups excluding tert-OH is 1. The van der Waals surface area contributed by atoms with Gasteiger partial charge in [0.2, 0.25) is 0 Å². The van der Waals surface area contributed by atoms with E-state index in [1.54, 1.807) is 6.07 Å². The summed E-state index contributed by atoms with van der Waals surface area (Å²) in [6.45, 7) is 4.75. The van der Waals surface area contributed by atoms with Gasteiger partial charge < -0.3 is 15.2 Å². The number of rotatable bonds is 5. The quantitative estimate of drug-likeness (QED) is 0.838. The second kappa shape index (κ2) is 6.11. The van der Waals surface area contributed by atoms with Gasteiger partial charge in [0, 0.05) is 18.2 Å². The number of para-hydroxylation sites is 1. The largest absolute Gasteiger partial charge is 0.486 e. The second-order valence-electron chi connectivity index (χ2n) is 5.44. The van der Waals surface area contributed by atoms with Crippen LogP contribution in [0.5, 0.6) is 5.75 Å². The van der Waals surface area contributed by atoms with Gasteiger partial charge in [-0.05, 0) is 6.07 Å². The fourth-order valence-corrected chi connectivity index (χ4v) is 3.81. The summed E-state index contributed by atoms with van der Waals surface area (Å²) in [7, 11) is -3.19. The average Bonchev–Trinajstić information content (AvgIpc) is 2.61. The number of aliphatic hydroxyl groups is 1. The van der Waals surface area contributed by atoms with Crippen molar-refractivity contribution in [2.75, 3.05) is 11.5 Å². The van der Waals surface area contributed by atoms with Crippen LogP contribution >= 0.6 is 0 Å². The minimum Gasteiger partial charge on any atom is -0.486 e. The van der Waals surface area contributed by atoms with Crippen molar-refractivity contribution in [1.29, 1.82) is 0 Å². The molecule has 0 saturated carbocycles. The van der Waals surface area contributed by atoms with Gasteiger partial charge in [0.15, 0.2) is 9.84 Å². The van der Waals surface area contributed by atoms with Crippen molar-refractivity contribution in [3.63, 3.8) is 0 Å². The van der Waals surface area contributed by atoms with Crippen LogP contribution in [0.4, 0.5) is 0 Å². The number of hydrogen-bond acceptors (Lipinski definition) is 5. The Bertz CT molecular complexity index is 556. The van der Waals surface area contributed by atoms with Gasteiger partial charge in [-0.2, -0.15) is 0 Å². The van der Waals surface area contributed by atoms with Crippen molar-refractivity contribution < 1.29 is 18.3 Å². The first kappa shape index (κ1) is 15.3. The summed E-state index contributed by atoms with van der Waals surface area (Å²) in [5, 5.41) is 13.1. The summed E-state index contributed by atoms with van der Waals surface area (Å²) in [5.74, 6) is 0.284. The Morgan fingerprint density at radius 3 is 2.65 bits per heavy atom. The Morgan fingerprint density at radius 2 is 2.05 bits per heavy atom. The van der Waals surface area contributed by atoms with E-state index in [0.717, 1.165) is 5.56 Å². The molecule has 0 spiro atoms. The van der Waals surface area contributed by atoms with E-state index in [0.29, 0.717) is 18.3 Å². The first-order chi connectivity index (χ1) is 9.37. The van der Waals surface area contributed by atoms with Crippen LogP contribution in [0.25, 0.3) is 0 Å². The van der Waals surface area contributed by atoms with Crippen LogP contribution in [-0.4, -0.2) is 43.3 Å². The first-order valence-corrected chi connectivity index (χ1v) is 8.56. The highest BCUT2D eigenvalue weighted by atomic mass is 32.2. The van der Waals surface area contributed by atoms with Crippen molar-refractivity contribution in [3.8, 4) is 5.75 Å². The van der Waals surface area contributed by atoms with E-state index >= 15 is 0 Å². The zero-order valence-electron chi connectivity index (χ0n) is 11.7. The van der Waals surface area contributed by atoms with E-state index < -0.39 is 22.0 Å². The lowest BCUT2D eigenvalue weighted by Crippen LogP contribution is -2.30. The van der Waals surface area contributed by atoms with Gasteiger partial charge in [0.05, 0.1) is 11.5 Å². The predicted octanol–water partition coefficient (Wildman–Crippen LogP) is 0.721. The van der Waals surface area contributed by atoms with E-state index in [2.05, 4.69) is 19.2 Å². The monoisotopic (exact) mass is 299 g/mol. The van der Waals surface area contributed by atoms with Gasteiger partial charge in [-0.25, -0.2) is 8.42 Å². The van der Waals surface area contributed by atoms with E-state index in [-0.39, 0.29) is 11.5 Å². The molecule has 2 rings (SSSR count). The molecule has 2 N–H and O–H groups in total. The molecule has 1 heterocycles. The zero-order valence-corrected chi connectivity index (χ0v) is 12.6. The molecule has 0 amide bonds. The maximum atomic E-state index is 11.5. The summed E-state index contributed by atoms with van der Waals surface area (Å²) >= 11 is 0. The molecule has 0 aliphatic carbocycles. The zero-order chi connectivity index (χ0) is 14.8. The molecule has 2 unspecified atom stereocenters. The van der Waals surface area contributed by atoms with Crippen LogP contribution in [0.1, 0.15) is 19.4 Å². The number of ether oxygens (including phenoxy) is 1. The third kappa shape index (κ3) is 3.94. The van der Waals surface area contributed by atoms with E-state index in [4.69, 9.17) is 4.74 Å². The minimum absolute atomic E-state index is 0.125. The molecule has 0 aromatic heterocycles. The van der Waals surface area contributed by atoms with Crippen molar-refractivity contribution >= 4 is 9.84 Å². The molecule has 5 nitrogen and oxygen atoms in total. The molecular formula is C14H21NO4S. The van der Waals surface area contributed by atoms with E-state index in [1.807, 2.05) is 18.2 Å². The summed E-state index contributed by atoms with van der Waals surface area (Å²) in [4.78, 5) is 0. The lowest BCUT2D eigenvalue weighted by molar-refractivity contribution is 0.0730. The van der Waals surface area contributed by atoms with Crippen LogP contribution in [0, 0.1) is 0 Å². The number of sulfone groups is 1. The molecule has 1 aliphatic rings. The Labute approximate surface area is 119 Å². The number of nitrogens with one attached hydrogen (secondary N) is 1. The van der Waals surface area contributed by atoms with E-state index in [9.17, 15) is 13.5 Å². The minimum atomic E-state index is -3.19. The van der Waals surface area contributed by atoms with Crippen molar-refractivity contribution in [3.05, 3.63) is 29.8 Å². The summed E-state index contributed by atoms with van der Waals surface area (Å²) in [6.07, 6.45) is -1.63. The Balaban J connectivity index is 2.09. The fourth-order valence-electron chi connectivity index (χ4n) is 2.15. The Morgan fingerprint density at radius 1 is 1.35 bits per heavy atom. The summed E-state index contributed by atoms with van der Waals surface area (Å²) < 4.78 is 28.7. The summed E-state index contributed by atoms with van der Waals surface area (Å²) in [5.41, 5.74) is 0.956. The normalized spacial score (nSPS) is 25.0. The smallest absolute Gasteiger partial charge is 0.156 e. The maximum absolute atomic E-state index is 11.5. The van der Waals surface area contributed by atoms with Gasteiger partial charge >= 0.3 is 0 Å². The van der Waals surface area contributed by atoms with Gasteiger partial charge in [-0.15, -0.1) is 0 Å². The van der Waals surface area contributed by atoms with Crippen molar-refractivity contribution in [2.45, 2.75) is 38.6 Å². The molecule has 0 bridgehead atoms. The average molecular weight is 299 g/mol. The first-order valence-electron chi connectivity index (χ1n) is 6.74. The predicted molar refractivity (Wildman–Crippen MR) is 77.5 cm³/mol. The van der Waals surface area contributed by atoms with Crippen LogP contribution in [0.2, 0.25) is 0 Å². The van der Waals surface area contributed by atoms with Crippen molar-refractivity contribution in [2.24, 2.45) is 0 Å². The lowest BCUT2D eigenvalue weighted by atomic mass is 10.2. The molecule has 6 heteroatoms. The highest BCUT2D eigenvalue weighted by molar-refractivity contribution is 7.91. The lowest BCUT2D eigenvalue weighted by Gasteiger charge is -2.19. The highest BCUT2D eigenvalue weighted by Gasteiger charge is 2.38. The molecule has 1 fully saturated rings. The van der Waals surface area contributed by atoms with Crippen LogP contribution < -0.4 is 10.1 Å². The Kier molecular flexibility index (Phi) is 4.67. The van der Waals surface area contributed by atoms with Crippen LogP contribution in [-0.2, 0) is 16.4 Å².